The predicted octanol–water partition coefficient (Wildman–Crippen LogP) is 4.08. The maximum atomic E-state index is 14.1. The second-order valence-corrected chi connectivity index (χ2v) is 4.73. The Labute approximate surface area is 148 Å². The number of hydrogen-bond donors (Lipinski definition) is 0. The van der Waals surface area contributed by atoms with Crippen molar-refractivity contribution in [2.75, 3.05) is 14.2 Å². The third-order valence-electron chi connectivity index (χ3n) is 3.11. The van der Waals surface area contributed by atoms with Crippen LogP contribution in [0.25, 0.3) is 5.57 Å². The Kier molecular flexibility index (Phi) is 6.37. The van der Waals surface area contributed by atoms with Crippen LogP contribution >= 0.6 is 0 Å². The van der Waals surface area contributed by atoms with Crippen LogP contribution in [0.5, 0.6) is 0 Å². The Morgan fingerprint density at radius 3 is 1.39 bits per heavy atom. The molecule has 0 amide bonds. The first kappa shape index (κ1) is 23.2. The Morgan fingerprint density at radius 2 is 1.07 bits per heavy atom. The molecule has 0 N–H and O–H groups in total. The van der Waals surface area contributed by atoms with E-state index in [1.807, 2.05) is 0 Å². The van der Waals surface area contributed by atoms with Crippen molar-refractivity contribution < 1.29 is 63.0 Å². The Balaban J connectivity index is 4.40. The molecule has 156 valence electrons. The number of rotatable bonds is 3. The maximum Gasteiger partial charge on any atom is 0.422 e. The van der Waals surface area contributed by atoms with Crippen LogP contribution in [0.1, 0.15) is 15.9 Å². The maximum absolute atomic E-state index is 14.1. The normalized spacial score (nSPS) is 11.9. The highest BCUT2D eigenvalue weighted by molar-refractivity contribution is 6.20. The number of carbonyl (C=O) groups excluding carboxylic acids is 2. The molecule has 4 nitrogen and oxygen atoms in total. The van der Waals surface area contributed by atoms with E-state index >= 15 is 0 Å². The van der Waals surface area contributed by atoms with Crippen LogP contribution in [0.15, 0.2) is 5.57 Å². The number of methoxy groups -OCH3 is 2. The van der Waals surface area contributed by atoms with Crippen molar-refractivity contribution in [1.82, 2.24) is 0 Å². The summed E-state index contributed by atoms with van der Waals surface area (Å²) in [6.07, 6.45) is -12.9. The molecule has 0 atom stereocenters. The van der Waals surface area contributed by atoms with Gasteiger partial charge in [-0.2, -0.15) is 26.3 Å². The summed E-state index contributed by atoms with van der Waals surface area (Å²) in [7, 11) is 0.680. The van der Waals surface area contributed by atoms with E-state index in [2.05, 4.69) is 9.47 Å². The Hall–Kier alpha value is -2.80. The second kappa shape index (κ2) is 7.67. The highest BCUT2D eigenvalue weighted by atomic mass is 19.4. The van der Waals surface area contributed by atoms with Gasteiger partial charge in [-0.15, -0.1) is 0 Å². The van der Waals surface area contributed by atoms with Gasteiger partial charge in [0.25, 0.3) is 0 Å². The monoisotopic (exact) mass is 428 g/mol. The quantitative estimate of drug-likeness (QED) is 0.240. The van der Waals surface area contributed by atoms with Gasteiger partial charge in [0, 0.05) is 5.56 Å². The minimum absolute atomic E-state index is 0.263. The first-order valence-corrected chi connectivity index (χ1v) is 6.52. The van der Waals surface area contributed by atoms with E-state index in [9.17, 15) is 53.5 Å². The number of allylic oxidation sites excluding steroid dienone is 1. The molecule has 0 aromatic heterocycles. The molecule has 0 saturated carbocycles. The van der Waals surface area contributed by atoms with Crippen molar-refractivity contribution in [3.05, 3.63) is 40.0 Å². The van der Waals surface area contributed by atoms with Gasteiger partial charge in [0.1, 0.15) is 5.56 Å². The molecular formula is C14H6F10O4. The van der Waals surface area contributed by atoms with Gasteiger partial charge in [0.05, 0.1) is 19.8 Å². The highest BCUT2D eigenvalue weighted by Crippen LogP contribution is 2.45. The number of benzene rings is 1. The van der Waals surface area contributed by atoms with Crippen molar-refractivity contribution in [2.24, 2.45) is 0 Å². The molecule has 28 heavy (non-hydrogen) atoms. The highest BCUT2D eigenvalue weighted by Gasteiger charge is 2.55. The fraction of sp³-hybridized carbons (Fsp3) is 0.286. The largest absolute Gasteiger partial charge is 0.465 e. The zero-order valence-corrected chi connectivity index (χ0v) is 13.4. The van der Waals surface area contributed by atoms with Gasteiger partial charge in [0.2, 0.25) is 0 Å². The molecule has 0 bridgehead atoms. The molecule has 0 aliphatic heterocycles. The number of esters is 2. The summed E-state index contributed by atoms with van der Waals surface area (Å²) in [5.41, 5.74) is -11.2. The van der Waals surface area contributed by atoms with Crippen molar-refractivity contribution in [3.63, 3.8) is 0 Å². The molecule has 0 radical (unpaired) electrons. The average molecular weight is 428 g/mol. The first-order chi connectivity index (χ1) is 12.6. The Bertz CT molecular complexity index is 835. The van der Waals surface area contributed by atoms with E-state index in [0.29, 0.717) is 7.11 Å². The summed E-state index contributed by atoms with van der Waals surface area (Å²) in [6.45, 7) is 0. The van der Waals surface area contributed by atoms with E-state index in [1.54, 1.807) is 0 Å². The summed E-state index contributed by atoms with van der Waals surface area (Å²) in [6, 6.07) is 0. The Morgan fingerprint density at radius 1 is 0.679 bits per heavy atom. The fourth-order valence-corrected chi connectivity index (χ4v) is 2.04. The van der Waals surface area contributed by atoms with Gasteiger partial charge in [-0.3, -0.25) is 0 Å². The predicted molar refractivity (Wildman–Crippen MR) is 68.7 cm³/mol. The van der Waals surface area contributed by atoms with Crippen LogP contribution in [0.4, 0.5) is 43.9 Å². The van der Waals surface area contributed by atoms with E-state index in [-0.39, 0.29) is 7.11 Å². The van der Waals surface area contributed by atoms with Crippen LogP contribution in [0.3, 0.4) is 0 Å². The minimum atomic E-state index is -6.44. The lowest BCUT2D eigenvalue weighted by atomic mass is 9.93. The lowest BCUT2D eigenvalue weighted by molar-refractivity contribution is -0.172. The summed E-state index contributed by atoms with van der Waals surface area (Å²) >= 11 is 0. The molecule has 0 aliphatic carbocycles. The van der Waals surface area contributed by atoms with E-state index in [1.165, 1.54) is 0 Å². The van der Waals surface area contributed by atoms with Crippen molar-refractivity contribution in [3.8, 4) is 0 Å². The summed E-state index contributed by atoms with van der Waals surface area (Å²) in [5, 5.41) is 0. The fourth-order valence-electron chi connectivity index (χ4n) is 2.04. The molecule has 1 aromatic carbocycles. The number of ether oxygens (including phenoxy) is 2. The molecule has 0 heterocycles. The smallest absolute Gasteiger partial charge is 0.422 e. The van der Waals surface area contributed by atoms with Crippen LogP contribution < -0.4 is 0 Å². The third-order valence-corrected chi connectivity index (χ3v) is 3.11. The summed E-state index contributed by atoms with van der Waals surface area (Å²) in [5.74, 6) is -16.0. The van der Waals surface area contributed by atoms with Crippen LogP contribution in [-0.4, -0.2) is 38.5 Å². The summed E-state index contributed by atoms with van der Waals surface area (Å²) < 4.78 is 140. The number of alkyl halides is 6. The number of hydrogen-bond acceptors (Lipinski definition) is 4. The standard InChI is InChI=1S/C14H6F10O4/c1-27-11(25)4-3(6(15)8(17)9(18)7(4)16)5(12(26)28-2)10(13(19,20)21)14(22,23)24/h1-2H3. The lowest BCUT2D eigenvalue weighted by Gasteiger charge is -2.21. The number of halogens is 10. The van der Waals surface area contributed by atoms with Gasteiger partial charge in [-0.05, 0) is 0 Å². The van der Waals surface area contributed by atoms with E-state index in [4.69, 9.17) is 0 Å². The van der Waals surface area contributed by atoms with Crippen molar-refractivity contribution in [1.29, 1.82) is 0 Å². The van der Waals surface area contributed by atoms with Crippen LogP contribution in [-0.2, 0) is 14.3 Å². The molecule has 1 aromatic rings. The second-order valence-electron chi connectivity index (χ2n) is 4.73. The van der Waals surface area contributed by atoms with Crippen LogP contribution in [0.2, 0.25) is 0 Å². The molecule has 0 unspecified atom stereocenters. The third kappa shape index (κ3) is 4.04. The molecule has 0 aliphatic rings. The zero-order chi connectivity index (χ0) is 22.2. The zero-order valence-electron chi connectivity index (χ0n) is 13.4. The topological polar surface area (TPSA) is 52.6 Å². The molecule has 0 saturated heterocycles. The van der Waals surface area contributed by atoms with Gasteiger partial charge >= 0.3 is 24.3 Å². The minimum Gasteiger partial charge on any atom is -0.465 e. The summed E-state index contributed by atoms with van der Waals surface area (Å²) in [4.78, 5) is 23.2. The van der Waals surface area contributed by atoms with E-state index < -0.39 is 69.8 Å². The number of carbonyl (C=O) groups is 2. The van der Waals surface area contributed by atoms with E-state index in [0.717, 1.165) is 0 Å². The molecule has 0 fully saturated rings. The molecule has 1 rings (SSSR count). The first-order valence-electron chi connectivity index (χ1n) is 6.52. The van der Waals surface area contributed by atoms with Gasteiger partial charge in [0.15, 0.2) is 28.8 Å². The molecular weight excluding hydrogens is 422 g/mol. The molecule has 14 heteroatoms. The van der Waals surface area contributed by atoms with Gasteiger partial charge < -0.3 is 9.47 Å². The average Bonchev–Trinajstić information content (AvgIpc) is 2.57. The van der Waals surface area contributed by atoms with Gasteiger partial charge in [-0.1, -0.05) is 0 Å². The SMILES string of the molecule is COC(=O)C(=C(C(F)(F)F)C(F)(F)F)c1c(F)c(F)c(F)c(F)c1C(=O)OC. The van der Waals surface area contributed by atoms with Gasteiger partial charge in [-0.25, -0.2) is 27.2 Å². The molecule has 0 spiro atoms. The van der Waals surface area contributed by atoms with Crippen molar-refractivity contribution >= 4 is 17.5 Å². The lowest BCUT2D eigenvalue weighted by Crippen LogP contribution is -2.31. The van der Waals surface area contributed by atoms with Crippen LogP contribution in [0, 0.1) is 23.3 Å². The van der Waals surface area contributed by atoms with Crippen molar-refractivity contribution in [2.45, 2.75) is 12.4 Å².